The number of benzene rings is 1. The van der Waals surface area contributed by atoms with E-state index in [-0.39, 0.29) is 16.3 Å². The Labute approximate surface area is 118 Å². The fourth-order valence-corrected chi connectivity index (χ4v) is 2.21. The molecular weight excluding hydrogens is 288 g/mol. The van der Waals surface area contributed by atoms with E-state index >= 15 is 0 Å². The largest absolute Gasteiger partial charge is 0.480 e. The van der Waals surface area contributed by atoms with Gasteiger partial charge < -0.3 is 10.4 Å². The molecule has 0 aliphatic heterocycles. The second-order valence-corrected chi connectivity index (χ2v) is 5.02. The first-order valence-electron chi connectivity index (χ1n) is 5.85. The lowest BCUT2D eigenvalue weighted by Gasteiger charge is -2.38. The molecule has 0 unspecified atom stereocenters. The number of halogens is 1. The van der Waals surface area contributed by atoms with Gasteiger partial charge in [-0.15, -0.1) is 0 Å². The third-order valence-electron chi connectivity index (χ3n) is 3.37. The van der Waals surface area contributed by atoms with Crippen LogP contribution in [0.25, 0.3) is 0 Å². The molecule has 1 saturated carbocycles. The van der Waals surface area contributed by atoms with E-state index in [2.05, 4.69) is 5.32 Å². The summed E-state index contributed by atoms with van der Waals surface area (Å²) in [6, 6.07) is 3.45. The molecule has 1 aromatic carbocycles. The van der Waals surface area contributed by atoms with Crippen LogP contribution >= 0.6 is 11.6 Å². The van der Waals surface area contributed by atoms with Gasteiger partial charge in [-0.25, -0.2) is 4.79 Å². The number of amides is 1. The molecule has 0 atom stereocenters. The van der Waals surface area contributed by atoms with E-state index in [0.717, 1.165) is 6.07 Å². The number of nitrogens with one attached hydrogen (secondary N) is 1. The Morgan fingerprint density at radius 2 is 2.05 bits per heavy atom. The zero-order valence-corrected chi connectivity index (χ0v) is 11.0. The van der Waals surface area contributed by atoms with Crippen molar-refractivity contribution >= 4 is 29.2 Å². The zero-order valence-electron chi connectivity index (χ0n) is 10.3. The highest BCUT2D eigenvalue weighted by Crippen LogP contribution is 2.33. The number of carbonyl (C=O) groups is 2. The van der Waals surface area contributed by atoms with Gasteiger partial charge in [0.1, 0.15) is 5.54 Å². The van der Waals surface area contributed by atoms with E-state index < -0.39 is 22.3 Å². The molecule has 1 fully saturated rings. The molecule has 1 aliphatic rings. The molecule has 0 radical (unpaired) electrons. The van der Waals surface area contributed by atoms with Crippen molar-refractivity contribution in [3.63, 3.8) is 0 Å². The van der Waals surface area contributed by atoms with Crippen molar-refractivity contribution < 1.29 is 19.6 Å². The average Bonchev–Trinajstić information content (AvgIpc) is 2.33. The summed E-state index contributed by atoms with van der Waals surface area (Å²) < 4.78 is 0. The van der Waals surface area contributed by atoms with Gasteiger partial charge in [0, 0.05) is 12.1 Å². The van der Waals surface area contributed by atoms with E-state index in [1.807, 2.05) is 0 Å². The van der Waals surface area contributed by atoms with Crippen LogP contribution in [0.1, 0.15) is 29.6 Å². The molecule has 7 nitrogen and oxygen atoms in total. The van der Waals surface area contributed by atoms with Crippen LogP contribution in [0.5, 0.6) is 0 Å². The molecule has 1 aromatic rings. The van der Waals surface area contributed by atoms with Gasteiger partial charge in [-0.05, 0) is 25.3 Å². The predicted octanol–water partition coefficient (Wildman–Crippen LogP) is 1.99. The quantitative estimate of drug-likeness (QED) is 0.652. The lowest BCUT2D eigenvalue weighted by molar-refractivity contribution is -0.384. The van der Waals surface area contributed by atoms with E-state index in [9.17, 15) is 19.7 Å². The molecule has 0 aromatic heterocycles. The number of nitrogens with zero attached hydrogens (tertiary/aromatic N) is 1. The van der Waals surface area contributed by atoms with Crippen molar-refractivity contribution in [2.45, 2.75) is 24.8 Å². The van der Waals surface area contributed by atoms with Gasteiger partial charge in [0.05, 0.1) is 15.5 Å². The van der Waals surface area contributed by atoms with Crippen LogP contribution in [-0.2, 0) is 4.79 Å². The maximum atomic E-state index is 12.1. The first-order valence-corrected chi connectivity index (χ1v) is 6.23. The van der Waals surface area contributed by atoms with Gasteiger partial charge in [0.15, 0.2) is 0 Å². The number of nitro groups is 1. The molecule has 1 aliphatic carbocycles. The minimum absolute atomic E-state index is 0.0352. The Kier molecular flexibility index (Phi) is 3.63. The molecular formula is C12H11ClN2O5. The summed E-state index contributed by atoms with van der Waals surface area (Å²) in [5.74, 6) is -1.83. The van der Waals surface area contributed by atoms with Crippen molar-refractivity contribution in [1.29, 1.82) is 0 Å². The fraction of sp³-hybridized carbons (Fsp3) is 0.333. The number of carbonyl (C=O) groups excluding carboxylic acids is 1. The standard InChI is InChI=1S/C12H11ClN2O5/c13-9-3-2-7(15(19)20)6-8(9)10(16)14-12(11(17)18)4-1-5-12/h2-3,6H,1,4-5H2,(H,14,16)(H,17,18). The average molecular weight is 299 g/mol. The molecule has 0 spiro atoms. The molecule has 106 valence electrons. The first-order chi connectivity index (χ1) is 9.35. The number of non-ortho nitro benzene ring substituents is 1. The molecule has 2 N–H and O–H groups in total. The Morgan fingerprint density at radius 1 is 1.40 bits per heavy atom. The van der Waals surface area contributed by atoms with Crippen LogP contribution in [0.4, 0.5) is 5.69 Å². The fourth-order valence-electron chi connectivity index (χ4n) is 2.01. The van der Waals surface area contributed by atoms with Gasteiger partial charge >= 0.3 is 5.97 Å². The Bertz CT molecular complexity index is 598. The van der Waals surface area contributed by atoms with E-state index in [1.54, 1.807) is 0 Å². The van der Waals surface area contributed by atoms with Gasteiger partial charge in [-0.1, -0.05) is 11.6 Å². The van der Waals surface area contributed by atoms with Gasteiger partial charge in [0.2, 0.25) is 0 Å². The smallest absolute Gasteiger partial charge is 0.329 e. The monoisotopic (exact) mass is 298 g/mol. The highest BCUT2D eigenvalue weighted by molar-refractivity contribution is 6.34. The summed E-state index contributed by atoms with van der Waals surface area (Å²) in [6.45, 7) is 0. The van der Waals surface area contributed by atoms with Crippen LogP contribution in [0.2, 0.25) is 5.02 Å². The second-order valence-electron chi connectivity index (χ2n) is 4.62. The minimum atomic E-state index is -1.29. The third kappa shape index (κ3) is 2.44. The van der Waals surface area contributed by atoms with Crippen molar-refractivity contribution in [2.24, 2.45) is 0 Å². The summed E-state index contributed by atoms with van der Waals surface area (Å²) in [7, 11) is 0. The number of aliphatic carboxylic acids is 1. The number of hydrogen-bond acceptors (Lipinski definition) is 4. The molecule has 1 amide bonds. The van der Waals surface area contributed by atoms with Gasteiger partial charge in [-0.3, -0.25) is 14.9 Å². The summed E-state index contributed by atoms with van der Waals surface area (Å²) in [5.41, 5.74) is -1.67. The molecule has 8 heteroatoms. The molecule has 2 rings (SSSR count). The maximum absolute atomic E-state index is 12.1. The SMILES string of the molecule is O=C(NC1(C(=O)O)CCC1)c1cc([N+](=O)[O-])ccc1Cl. The molecule has 20 heavy (non-hydrogen) atoms. The summed E-state index contributed by atoms with van der Waals surface area (Å²) in [5, 5.41) is 22.3. The van der Waals surface area contributed by atoms with Gasteiger partial charge in [-0.2, -0.15) is 0 Å². The van der Waals surface area contributed by atoms with Crippen LogP contribution in [0, 0.1) is 10.1 Å². The topological polar surface area (TPSA) is 110 Å². The predicted molar refractivity (Wildman–Crippen MR) is 69.8 cm³/mol. The maximum Gasteiger partial charge on any atom is 0.329 e. The van der Waals surface area contributed by atoms with Crippen molar-refractivity contribution in [1.82, 2.24) is 5.32 Å². The second kappa shape index (κ2) is 5.09. The summed E-state index contributed by atoms with van der Waals surface area (Å²) >= 11 is 5.83. The number of nitro benzene ring substituents is 1. The van der Waals surface area contributed by atoms with Crippen LogP contribution in [0.3, 0.4) is 0 Å². The zero-order chi connectivity index (χ0) is 14.9. The highest BCUT2D eigenvalue weighted by Gasteiger charge is 2.46. The third-order valence-corrected chi connectivity index (χ3v) is 3.70. The van der Waals surface area contributed by atoms with Crippen molar-refractivity contribution in [2.75, 3.05) is 0 Å². The Hall–Kier alpha value is -2.15. The lowest BCUT2D eigenvalue weighted by atomic mass is 9.76. The number of rotatable bonds is 4. The molecule has 0 heterocycles. The number of carboxylic acids is 1. The Morgan fingerprint density at radius 3 is 2.50 bits per heavy atom. The molecule has 0 bridgehead atoms. The summed E-state index contributed by atoms with van der Waals surface area (Å²) in [6.07, 6.45) is 1.37. The summed E-state index contributed by atoms with van der Waals surface area (Å²) in [4.78, 5) is 33.3. The van der Waals surface area contributed by atoms with E-state index in [0.29, 0.717) is 19.3 Å². The number of hydrogen-bond donors (Lipinski definition) is 2. The van der Waals surface area contributed by atoms with Crippen LogP contribution < -0.4 is 5.32 Å². The molecule has 0 saturated heterocycles. The van der Waals surface area contributed by atoms with E-state index in [4.69, 9.17) is 16.7 Å². The van der Waals surface area contributed by atoms with Crippen LogP contribution in [-0.4, -0.2) is 27.4 Å². The van der Waals surface area contributed by atoms with Crippen molar-refractivity contribution in [3.05, 3.63) is 38.9 Å². The number of carboxylic acid groups (broad SMARTS) is 1. The lowest BCUT2D eigenvalue weighted by Crippen LogP contribution is -2.59. The normalized spacial score (nSPS) is 16.1. The first kappa shape index (κ1) is 14.3. The highest BCUT2D eigenvalue weighted by atomic mass is 35.5. The van der Waals surface area contributed by atoms with E-state index in [1.165, 1.54) is 12.1 Å². The minimum Gasteiger partial charge on any atom is -0.480 e. The van der Waals surface area contributed by atoms with Gasteiger partial charge in [0.25, 0.3) is 11.6 Å². The van der Waals surface area contributed by atoms with Crippen molar-refractivity contribution in [3.8, 4) is 0 Å². The van der Waals surface area contributed by atoms with Crippen LogP contribution in [0.15, 0.2) is 18.2 Å². The Balaban J connectivity index is 2.27.